The second-order valence-electron chi connectivity index (χ2n) is 7.31. The van der Waals surface area contributed by atoms with Gasteiger partial charge in [0.1, 0.15) is 5.82 Å². The average Bonchev–Trinajstić information content (AvgIpc) is 3.29. The Balaban J connectivity index is 1.28. The van der Waals surface area contributed by atoms with Gasteiger partial charge in [0.2, 0.25) is 0 Å². The number of hydrogen-bond acceptors (Lipinski definition) is 3. The molecule has 138 valence electrons. The van der Waals surface area contributed by atoms with Crippen LogP contribution in [-0.2, 0) is 25.9 Å². The summed E-state index contributed by atoms with van der Waals surface area (Å²) in [6, 6.07) is 10.8. The molecule has 2 aliphatic heterocycles. The maximum Gasteiger partial charge on any atom is 0.194 e. The van der Waals surface area contributed by atoms with Crippen LogP contribution in [0.5, 0.6) is 0 Å². The molecule has 0 bridgehead atoms. The SMILES string of the molecule is CN=C(NCc1nnc2n1CCC2)N1CCC(Cc2ccccc2)CC1. The van der Waals surface area contributed by atoms with Gasteiger partial charge in [0, 0.05) is 33.1 Å². The fourth-order valence-corrected chi connectivity index (χ4v) is 4.13. The van der Waals surface area contributed by atoms with Crippen molar-refractivity contribution in [1.82, 2.24) is 25.0 Å². The summed E-state index contributed by atoms with van der Waals surface area (Å²) in [4.78, 5) is 6.87. The van der Waals surface area contributed by atoms with Gasteiger partial charge in [0.15, 0.2) is 11.8 Å². The van der Waals surface area contributed by atoms with E-state index < -0.39 is 0 Å². The normalized spacial score (nSPS) is 18.2. The standard InChI is InChI=1S/C20H28N6/c1-21-20(22-15-19-24-23-18-8-5-11-26(18)19)25-12-9-17(10-13-25)14-16-6-3-2-4-7-16/h2-4,6-7,17H,5,8-15H2,1H3,(H,21,22). The predicted octanol–water partition coefficient (Wildman–Crippen LogP) is 2.25. The summed E-state index contributed by atoms with van der Waals surface area (Å²) in [5.41, 5.74) is 1.45. The van der Waals surface area contributed by atoms with Crippen molar-refractivity contribution in [3.8, 4) is 0 Å². The molecule has 3 heterocycles. The quantitative estimate of drug-likeness (QED) is 0.677. The summed E-state index contributed by atoms with van der Waals surface area (Å²) in [6.07, 6.45) is 5.86. The van der Waals surface area contributed by atoms with Crippen LogP contribution in [0.4, 0.5) is 0 Å². The Morgan fingerprint density at radius 2 is 1.96 bits per heavy atom. The molecule has 1 saturated heterocycles. The molecule has 1 aromatic heterocycles. The molecule has 0 saturated carbocycles. The first kappa shape index (κ1) is 17.1. The summed E-state index contributed by atoms with van der Waals surface area (Å²) < 4.78 is 2.24. The van der Waals surface area contributed by atoms with Gasteiger partial charge in [-0.2, -0.15) is 0 Å². The fourth-order valence-electron chi connectivity index (χ4n) is 4.13. The minimum Gasteiger partial charge on any atom is -0.349 e. The zero-order chi connectivity index (χ0) is 17.8. The second kappa shape index (κ2) is 7.89. The van der Waals surface area contributed by atoms with Crippen LogP contribution in [0.25, 0.3) is 0 Å². The Bertz CT molecular complexity index is 743. The number of nitrogens with zero attached hydrogens (tertiary/aromatic N) is 5. The van der Waals surface area contributed by atoms with E-state index in [2.05, 4.69) is 60.3 Å². The zero-order valence-corrected chi connectivity index (χ0v) is 15.6. The third-order valence-electron chi connectivity index (χ3n) is 5.58. The lowest BCUT2D eigenvalue weighted by molar-refractivity contribution is 0.258. The molecule has 1 N–H and O–H groups in total. The van der Waals surface area contributed by atoms with Crippen molar-refractivity contribution in [2.24, 2.45) is 10.9 Å². The molecule has 4 rings (SSSR count). The van der Waals surface area contributed by atoms with Crippen LogP contribution in [0.2, 0.25) is 0 Å². The number of aromatic nitrogens is 3. The smallest absolute Gasteiger partial charge is 0.194 e. The van der Waals surface area contributed by atoms with Gasteiger partial charge >= 0.3 is 0 Å². The van der Waals surface area contributed by atoms with Crippen LogP contribution in [0.3, 0.4) is 0 Å². The highest BCUT2D eigenvalue weighted by molar-refractivity contribution is 5.79. The van der Waals surface area contributed by atoms with Crippen molar-refractivity contribution >= 4 is 5.96 Å². The van der Waals surface area contributed by atoms with Crippen LogP contribution in [0, 0.1) is 5.92 Å². The Kier molecular flexibility index (Phi) is 5.18. The molecule has 0 unspecified atom stereocenters. The largest absolute Gasteiger partial charge is 0.349 e. The Morgan fingerprint density at radius 1 is 1.15 bits per heavy atom. The van der Waals surface area contributed by atoms with E-state index >= 15 is 0 Å². The highest BCUT2D eigenvalue weighted by atomic mass is 15.3. The molecule has 0 aliphatic carbocycles. The summed E-state index contributed by atoms with van der Waals surface area (Å²) in [5.74, 6) is 3.90. The molecular weight excluding hydrogens is 324 g/mol. The fraction of sp³-hybridized carbons (Fsp3) is 0.550. The molecule has 1 aromatic carbocycles. The van der Waals surface area contributed by atoms with Crippen molar-refractivity contribution in [3.05, 3.63) is 47.5 Å². The van der Waals surface area contributed by atoms with Gasteiger partial charge in [-0.15, -0.1) is 10.2 Å². The first-order valence-electron chi connectivity index (χ1n) is 9.74. The van der Waals surface area contributed by atoms with Gasteiger partial charge in [-0.25, -0.2) is 0 Å². The summed E-state index contributed by atoms with van der Waals surface area (Å²) in [7, 11) is 1.87. The Labute approximate surface area is 155 Å². The lowest BCUT2D eigenvalue weighted by Crippen LogP contribution is -2.45. The number of aliphatic imine (C=N–C) groups is 1. The Morgan fingerprint density at radius 3 is 2.73 bits per heavy atom. The first-order valence-corrected chi connectivity index (χ1v) is 9.74. The average molecular weight is 352 g/mol. The molecule has 1 fully saturated rings. The van der Waals surface area contributed by atoms with Gasteiger partial charge in [0.25, 0.3) is 0 Å². The van der Waals surface area contributed by atoms with Gasteiger partial charge < -0.3 is 14.8 Å². The van der Waals surface area contributed by atoms with Crippen LogP contribution < -0.4 is 5.32 Å². The monoisotopic (exact) mass is 352 g/mol. The minimum atomic E-state index is 0.698. The van der Waals surface area contributed by atoms with E-state index in [1.807, 2.05) is 7.05 Å². The number of benzene rings is 1. The number of hydrogen-bond donors (Lipinski definition) is 1. The van der Waals surface area contributed by atoms with E-state index in [0.29, 0.717) is 6.54 Å². The number of likely N-dealkylation sites (tertiary alicyclic amines) is 1. The third kappa shape index (κ3) is 3.74. The van der Waals surface area contributed by atoms with E-state index in [0.717, 1.165) is 49.6 Å². The van der Waals surface area contributed by atoms with Crippen molar-refractivity contribution in [3.63, 3.8) is 0 Å². The topological polar surface area (TPSA) is 58.3 Å². The van der Waals surface area contributed by atoms with Gasteiger partial charge in [-0.05, 0) is 37.2 Å². The second-order valence-corrected chi connectivity index (χ2v) is 7.31. The molecule has 2 aromatic rings. The molecule has 6 heteroatoms. The molecule has 6 nitrogen and oxygen atoms in total. The predicted molar refractivity (Wildman–Crippen MR) is 103 cm³/mol. The van der Waals surface area contributed by atoms with E-state index in [9.17, 15) is 0 Å². The molecule has 0 atom stereocenters. The van der Waals surface area contributed by atoms with E-state index in [4.69, 9.17) is 0 Å². The van der Waals surface area contributed by atoms with Crippen molar-refractivity contribution < 1.29 is 0 Å². The number of fused-ring (bicyclic) bond motifs is 1. The molecule has 0 spiro atoms. The molecule has 0 amide bonds. The van der Waals surface area contributed by atoms with E-state index in [1.165, 1.54) is 31.2 Å². The number of rotatable bonds is 4. The van der Waals surface area contributed by atoms with E-state index in [1.54, 1.807) is 0 Å². The third-order valence-corrected chi connectivity index (χ3v) is 5.58. The Hall–Kier alpha value is -2.37. The highest BCUT2D eigenvalue weighted by Gasteiger charge is 2.22. The van der Waals surface area contributed by atoms with Crippen LogP contribution in [-0.4, -0.2) is 45.8 Å². The maximum atomic E-state index is 4.49. The number of piperidine rings is 1. The number of guanidine groups is 1. The highest BCUT2D eigenvalue weighted by Crippen LogP contribution is 2.22. The maximum absolute atomic E-state index is 4.49. The minimum absolute atomic E-state index is 0.698. The summed E-state index contributed by atoms with van der Waals surface area (Å²) >= 11 is 0. The number of aryl methyl sites for hydroxylation is 1. The molecule has 2 aliphatic rings. The summed E-state index contributed by atoms with van der Waals surface area (Å²) in [6.45, 7) is 3.87. The molecule has 26 heavy (non-hydrogen) atoms. The van der Waals surface area contributed by atoms with Crippen molar-refractivity contribution in [2.75, 3.05) is 20.1 Å². The van der Waals surface area contributed by atoms with Gasteiger partial charge in [-0.3, -0.25) is 4.99 Å². The van der Waals surface area contributed by atoms with Gasteiger partial charge in [0.05, 0.1) is 6.54 Å². The number of nitrogens with one attached hydrogen (secondary N) is 1. The first-order chi connectivity index (χ1) is 12.8. The zero-order valence-electron chi connectivity index (χ0n) is 15.6. The lowest BCUT2D eigenvalue weighted by Gasteiger charge is -2.34. The lowest BCUT2D eigenvalue weighted by atomic mass is 9.90. The van der Waals surface area contributed by atoms with Crippen LogP contribution in [0.15, 0.2) is 35.3 Å². The molecule has 0 radical (unpaired) electrons. The van der Waals surface area contributed by atoms with Crippen molar-refractivity contribution in [2.45, 2.75) is 45.2 Å². The molecular formula is C20H28N6. The van der Waals surface area contributed by atoms with Gasteiger partial charge in [-0.1, -0.05) is 30.3 Å². The van der Waals surface area contributed by atoms with E-state index in [-0.39, 0.29) is 0 Å². The van der Waals surface area contributed by atoms with Crippen LogP contribution >= 0.6 is 0 Å². The van der Waals surface area contributed by atoms with Crippen LogP contribution in [0.1, 0.15) is 36.5 Å². The summed E-state index contributed by atoms with van der Waals surface area (Å²) in [5, 5.41) is 12.1. The van der Waals surface area contributed by atoms with Crippen molar-refractivity contribution in [1.29, 1.82) is 0 Å².